The van der Waals surface area contributed by atoms with E-state index in [0.717, 1.165) is 0 Å². The van der Waals surface area contributed by atoms with Gasteiger partial charge in [0, 0.05) is 12.8 Å². The molecule has 0 radical (unpaired) electrons. The fraction of sp³-hybridized carbons (Fsp3) is 0.667. The van der Waals surface area contributed by atoms with E-state index in [1.807, 2.05) is 0 Å². The number of hydrogen-bond acceptors (Lipinski definition) is 4. The highest BCUT2D eigenvalue weighted by Gasteiger charge is 2.32. The summed E-state index contributed by atoms with van der Waals surface area (Å²) in [4.78, 5) is 3.87. The molecule has 1 heterocycles. The van der Waals surface area contributed by atoms with Crippen LogP contribution in [0.3, 0.4) is 0 Å². The zero-order chi connectivity index (χ0) is 12.2. The summed E-state index contributed by atoms with van der Waals surface area (Å²) in [6.45, 7) is -1.38. The minimum Gasteiger partial charge on any atom is -0.372 e. The molecule has 0 fully saturated rings. The standard InChI is InChI=1S/C9H14F3N3O/c10-9(11,12)6-16-5-3-8(14)2-1-4-15-7(8)13/h1-2,4,7H,3,5-6,13-14H2. The highest BCUT2D eigenvalue weighted by molar-refractivity contribution is 5.73. The van der Waals surface area contributed by atoms with Crippen LogP contribution in [-0.4, -0.2) is 37.3 Å². The lowest BCUT2D eigenvalue weighted by Crippen LogP contribution is -2.54. The first-order valence-corrected chi connectivity index (χ1v) is 4.73. The maximum Gasteiger partial charge on any atom is 0.411 e. The van der Waals surface area contributed by atoms with Crippen molar-refractivity contribution in [2.45, 2.75) is 24.3 Å². The quantitative estimate of drug-likeness (QED) is 0.702. The Bertz CT molecular complexity index is 290. The Labute approximate surface area is 91.1 Å². The van der Waals surface area contributed by atoms with Gasteiger partial charge >= 0.3 is 6.18 Å². The van der Waals surface area contributed by atoms with Crippen LogP contribution in [0.15, 0.2) is 17.1 Å². The van der Waals surface area contributed by atoms with Crippen LogP contribution in [0.5, 0.6) is 0 Å². The number of nitrogens with zero attached hydrogens (tertiary/aromatic N) is 1. The number of ether oxygens (including phenoxy) is 1. The number of dihydropyridines is 1. The van der Waals surface area contributed by atoms with Crippen LogP contribution >= 0.6 is 0 Å². The van der Waals surface area contributed by atoms with E-state index in [4.69, 9.17) is 11.5 Å². The molecule has 4 N–H and O–H groups in total. The fourth-order valence-electron chi connectivity index (χ4n) is 1.27. The van der Waals surface area contributed by atoms with Crippen LogP contribution in [0.2, 0.25) is 0 Å². The molecule has 0 spiro atoms. The molecule has 1 rings (SSSR count). The van der Waals surface area contributed by atoms with Gasteiger partial charge in [-0.15, -0.1) is 0 Å². The van der Waals surface area contributed by atoms with E-state index in [9.17, 15) is 13.2 Å². The number of halogens is 3. The number of aliphatic imine (C=N–C) groups is 1. The molecule has 0 bridgehead atoms. The summed E-state index contributed by atoms with van der Waals surface area (Å²) in [5.41, 5.74) is 10.6. The second-order valence-electron chi connectivity index (χ2n) is 3.63. The van der Waals surface area contributed by atoms with E-state index >= 15 is 0 Å². The van der Waals surface area contributed by atoms with E-state index < -0.39 is 24.5 Å². The molecule has 0 saturated heterocycles. The summed E-state index contributed by atoms with van der Waals surface area (Å²) in [5, 5.41) is 0. The van der Waals surface area contributed by atoms with E-state index in [0.29, 0.717) is 0 Å². The minimum absolute atomic E-state index is 0.108. The summed E-state index contributed by atoms with van der Waals surface area (Å²) in [7, 11) is 0. The number of alkyl halides is 3. The molecule has 1 aliphatic heterocycles. The van der Waals surface area contributed by atoms with Gasteiger partial charge in [-0.25, -0.2) is 0 Å². The molecule has 4 nitrogen and oxygen atoms in total. The van der Waals surface area contributed by atoms with Crippen LogP contribution in [0, 0.1) is 0 Å². The van der Waals surface area contributed by atoms with Crippen molar-refractivity contribution in [2.75, 3.05) is 13.2 Å². The molecule has 0 aromatic rings. The van der Waals surface area contributed by atoms with Crippen LogP contribution < -0.4 is 11.5 Å². The van der Waals surface area contributed by atoms with E-state index in [-0.39, 0.29) is 13.0 Å². The van der Waals surface area contributed by atoms with E-state index in [1.165, 1.54) is 6.21 Å². The Balaban J connectivity index is 2.32. The number of rotatable bonds is 4. The first kappa shape index (κ1) is 13.1. The van der Waals surface area contributed by atoms with Gasteiger partial charge in [-0.05, 0) is 12.5 Å². The number of hydrogen-bond donors (Lipinski definition) is 2. The van der Waals surface area contributed by atoms with Crippen LogP contribution in [-0.2, 0) is 4.74 Å². The van der Waals surface area contributed by atoms with Gasteiger partial charge in [-0.2, -0.15) is 13.2 Å². The second-order valence-corrected chi connectivity index (χ2v) is 3.63. The zero-order valence-electron chi connectivity index (χ0n) is 8.57. The zero-order valence-corrected chi connectivity index (χ0v) is 8.57. The monoisotopic (exact) mass is 237 g/mol. The van der Waals surface area contributed by atoms with Crippen molar-refractivity contribution >= 4 is 6.21 Å². The Morgan fingerprint density at radius 1 is 1.44 bits per heavy atom. The van der Waals surface area contributed by atoms with Crippen molar-refractivity contribution in [2.24, 2.45) is 16.5 Å². The van der Waals surface area contributed by atoms with Crippen molar-refractivity contribution in [3.63, 3.8) is 0 Å². The molecule has 92 valence electrons. The fourth-order valence-corrected chi connectivity index (χ4v) is 1.27. The molecule has 7 heteroatoms. The van der Waals surface area contributed by atoms with Gasteiger partial charge in [0.1, 0.15) is 12.8 Å². The topological polar surface area (TPSA) is 73.6 Å². The van der Waals surface area contributed by atoms with Crippen molar-refractivity contribution < 1.29 is 17.9 Å². The predicted octanol–water partition coefficient (Wildman–Crippen LogP) is 0.578. The van der Waals surface area contributed by atoms with Crippen LogP contribution in [0.4, 0.5) is 13.2 Å². The van der Waals surface area contributed by atoms with E-state index in [1.54, 1.807) is 12.2 Å². The van der Waals surface area contributed by atoms with Gasteiger partial charge in [-0.3, -0.25) is 4.99 Å². The van der Waals surface area contributed by atoms with Crippen LogP contribution in [0.1, 0.15) is 6.42 Å². The molecule has 16 heavy (non-hydrogen) atoms. The van der Waals surface area contributed by atoms with Gasteiger partial charge in [0.25, 0.3) is 0 Å². The molecule has 2 atom stereocenters. The molecule has 0 aromatic heterocycles. The van der Waals surface area contributed by atoms with Gasteiger partial charge < -0.3 is 16.2 Å². The lowest BCUT2D eigenvalue weighted by Gasteiger charge is -2.31. The average Bonchev–Trinajstić information content (AvgIpc) is 2.17. The van der Waals surface area contributed by atoms with Gasteiger partial charge in [-0.1, -0.05) is 6.08 Å². The molecule has 1 aliphatic rings. The summed E-state index contributed by atoms with van der Waals surface area (Å²) >= 11 is 0. The Morgan fingerprint density at radius 3 is 2.69 bits per heavy atom. The molecular formula is C9H14F3N3O. The maximum atomic E-state index is 11.8. The summed E-state index contributed by atoms with van der Waals surface area (Å²) in [6, 6.07) is 0. The van der Waals surface area contributed by atoms with Gasteiger partial charge in [0.15, 0.2) is 0 Å². The van der Waals surface area contributed by atoms with Crippen molar-refractivity contribution in [3.05, 3.63) is 12.2 Å². The average molecular weight is 237 g/mol. The van der Waals surface area contributed by atoms with Gasteiger partial charge in [0.05, 0.1) is 5.54 Å². The Morgan fingerprint density at radius 2 is 2.12 bits per heavy atom. The molecule has 0 saturated carbocycles. The lowest BCUT2D eigenvalue weighted by atomic mass is 9.91. The third kappa shape index (κ3) is 3.92. The molecular weight excluding hydrogens is 223 g/mol. The number of allylic oxidation sites excluding steroid dienone is 1. The lowest BCUT2D eigenvalue weighted by molar-refractivity contribution is -0.174. The molecule has 0 aliphatic carbocycles. The normalized spacial score (nSPS) is 29.7. The Kier molecular flexibility index (Phi) is 4.06. The smallest absolute Gasteiger partial charge is 0.372 e. The Hall–Kier alpha value is -0.920. The maximum absolute atomic E-state index is 11.8. The molecule has 0 amide bonds. The largest absolute Gasteiger partial charge is 0.411 e. The highest BCUT2D eigenvalue weighted by Crippen LogP contribution is 2.18. The summed E-state index contributed by atoms with van der Waals surface area (Å²) in [6.07, 6.45) is -0.0177. The van der Waals surface area contributed by atoms with Crippen LogP contribution in [0.25, 0.3) is 0 Å². The molecule has 2 unspecified atom stereocenters. The van der Waals surface area contributed by atoms with Crippen molar-refractivity contribution in [1.29, 1.82) is 0 Å². The third-order valence-electron chi connectivity index (χ3n) is 2.24. The van der Waals surface area contributed by atoms with E-state index in [2.05, 4.69) is 9.73 Å². The molecule has 0 aromatic carbocycles. The highest BCUT2D eigenvalue weighted by atomic mass is 19.4. The summed E-state index contributed by atoms with van der Waals surface area (Å²) < 4.78 is 39.8. The summed E-state index contributed by atoms with van der Waals surface area (Å²) in [5.74, 6) is 0. The SMILES string of the molecule is NC1N=CC=CC1(N)CCOCC(F)(F)F. The first-order valence-electron chi connectivity index (χ1n) is 4.73. The van der Waals surface area contributed by atoms with Crippen molar-refractivity contribution in [1.82, 2.24) is 0 Å². The minimum atomic E-state index is -4.32. The first-order chi connectivity index (χ1) is 7.33. The van der Waals surface area contributed by atoms with Gasteiger partial charge in [0.2, 0.25) is 0 Å². The predicted molar refractivity (Wildman–Crippen MR) is 54.0 cm³/mol. The third-order valence-corrected chi connectivity index (χ3v) is 2.24. The second kappa shape index (κ2) is 4.94. The number of nitrogens with two attached hydrogens (primary N) is 2. The van der Waals surface area contributed by atoms with Crippen molar-refractivity contribution in [3.8, 4) is 0 Å².